The molecule has 20 heavy (non-hydrogen) atoms. The Morgan fingerprint density at radius 3 is 2.35 bits per heavy atom. The molecule has 0 spiro atoms. The van der Waals surface area contributed by atoms with Crippen molar-refractivity contribution in [1.29, 1.82) is 0 Å². The van der Waals surface area contributed by atoms with Gasteiger partial charge in [0, 0.05) is 11.1 Å². The highest BCUT2D eigenvalue weighted by atomic mass is 35.5. The molecule has 1 aromatic heterocycles. The monoisotopic (exact) mass is 293 g/mol. The van der Waals surface area contributed by atoms with Gasteiger partial charge in [0.25, 0.3) is 0 Å². The van der Waals surface area contributed by atoms with E-state index in [0.29, 0.717) is 17.4 Å². The summed E-state index contributed by atoms with van der Waals surface area (Å²) in [5.41, 5.74) is 0.0812. The lowest BCUT2D eigenvalue weighted by Crippen LogP contribution is -2.43. The van der Waals surface area contributed by atoms with Crippen LogP contribution in [0.1, 0.15) is 31.3 Å². The van der Waals surface area contributed by atoms with Gasteiger partial charge in [-0.05, 0) is 38.5 Å². The number of hydrogen-bond acceptors (Lipinski definition) is 3. The summed E-state index contributed by atoms with van der Waals surface area (Å²) in [6.07, 6.45) is 0. The Morgan fingerprint density at radius 2 is 1.80 bits per heavy atom. The third kappa shape index (κ3) is 2.82. The molecule has 6 heteroatoms. The van der Waals surface area contributed by atoms with Crippen molar-refractivity contribution in [2.75, 3.05) is 0 Å². The molecule has 0 fully saturated rings. The fraction of sp³-hybridized carbons (Fsp3) is 0.357. The standard InChI is InChI=1S/C14H16ClN3O2/c1-9(2)18-13(19)16-10(3)17(14(18)20)8-11-4-6-12(15)7-5-11/h4-7,9H,8H2,1-3H3. The van der Waals surface area contributed by atoms with Crippen molar-refractivity contribution in [3.05, 3.63) is 61.6 Å². The molecule has 0 amide bonds. The van der Waals surface area contributed by atoms with Crippen LogP contribution in [0.2, 0.25) is 5.02 Å². The van der Waals surface area contributed by atoms with E-state index in [2.05, 4.69) is 4.98 Å². The van der Waals surface area contributed by atoms with Crippen molar-refractivity contribution in [1.82, 2.24) is 14.1 Å². The first-order chi connectivity index (χ1) is 9.40. The van der Waals surface area contributed by atoms with Gasteiger partial charge in [-0.2, -0.15) is 4.98 Å². The highest BCUT2D eigenvalue weighted by Crippen LogP contribution is 2.10. The third-order valence-corrected chi connectivity index (χ3v) is 3.31. The summed E-state index contributed by atoms with van der Waals surface area (Å²) in [7, 11) is 0. The Morgan fingerprint density at radius 1 is 1.20 bits per heavy atom. The maximum Gasteiger partial charge on any atom is 0.353 e. The molecule has 1 heterocycles. The maximum atomic E-state index is 12.4. The Kier molecular flexibility index (Phi) is 4.09. The van der Waals surface area contributed by atoms with Gasteiger partial charge in [0.2, 0.25) is 0 Å². The topological polar surface area (TPSA) is 56.9 Å². The number of rotatable bonds is 3. The van der Waals surface area contributed by atoms with Gasteiger partial charge in [-0.3, -0.25) is 4.57 Å². The van der Waals surface area contributed by atoms with E-state index in [-0.39, 0.29) is 11.7 Å². The zero-order chi connectivity index (χ0) is 14.9. The number of aromatic nitrogens is 3. The lowest BCUT2D eigenvalue weighted by Gasteiger charge is -2.14. The van der Waals surface area contributed by atoms with E-state index >= 15 is 0 Å². The van der Waals surface area contributed by atoms with Crippen molar-refractivity contribution < 1.29 is 0 Å². The van der Waals surface area contributed by atoms with Crippen molar-refractivity contribution in [3.8, 4) is 0 Å². The summed E-state index contributed by atoms with van der Waals surface area (Å²) in [6, 6.07) is 7.00. The second-order valence-corrected chi connectivity index (χ2v) is 5.34. The molecular formula is C14H16ClN3O2. The highest BCUT2D eigenvalue weighted by Gasteiger charge is 2.12. The molecule has 0 aliphatic heterocycles. The molecule has 0 unspecified atom stereocenters. The van der Waals surface area contributed by atoms with Crippen molar-refractivity contribution in [2.45, 2.75) is 33.4 Å². The van der Waals surface area contributed by atoms with Gasteiger partial charge < -0.3 is 0 Å². The quantitative estimate of drug-likeness (QED) is 0.870. The number of hydrogen-bond donors (Lipinski definition) is 0. The summed E-state index contributed by atoms with van der Waals surface area (Å²) in [5.74, 6) is 0.409. The fourth-order valence-corrected chi connectivity index (χ4v) is 2.13. The zero-order valence-corrected chi connectivity index (χ0v) is 12.4. The average Bonchev–Trinajstić information content (AvgIpc) is 2.36. The van der Waals surface area contributed by atoms with E-state index in [4.69, 9.17) is 11.6 Å². The van der Waals surface area contributed by atoms with Crippen LogP contribution in [0.3, 0.4) is 0 Å². The van der Waals surface area contributed by atoms with Crippen molar-refractivity contribution in [2.24, 2.45) is 0 Å². The third-order valence-electron chi connectivity index (χ3n) is 3.06. The summed E-state index contributed by atoms with van der Waals surface area (Å²) in [6.45, 7) is 5.59. The predicted molar refractivity (Wildman–Crippen MR) is 78.4 cm³/mol. The van der Waals surface area contributed by atoms with Gasteiger partial charge in [0.05, 0.1) is 6.54 Å². The molecule has 0 aliphatic carbocycles. The van der Waals surface area contributed by atoms with E-state index in [1.807, 2.05) is 12.1 Å². The summed E-state index contributed by atoms with van der Waals surface area (Å²) >= 11 is 5.84. The molecule has 1 aromatic carbocycles. The summed E-state index contributed by atoms with van der Waals surface area (Å²) in [5, 5.41) is 0.642. The molecule has 5 nitrogen and oxygen atoms in total. The van der Waals surface area contributed by atoms with Crippen LogP contribution in [-0.2, 0) is 6.54 Å². The van der Waals surface area contributed by atoms with Crippen LogP contribution in [0, 0.1) is 6.92 Å². The molecule has 0 saturated carbocycles. The largest absolute Gasteiger partial charge is 0.353 e. The van der Waals surface area contributed by atoms with Crippen LogP contribution in [0.4, 0.5) is 0 Å². The number of halogens is 1. The molecule has 106 valence electrons. The second-order valence-electron chi connectivity index (χ2n) is 4.90. The molecule has 2 rings (SSSR count). The molecule has 0 radical (unpaired) electrons. The Bertz CT molecular complexity index is 730. The molecule has 0 saturated heterocycles. The number of aryl methyl sites for hydroxylation is 1. The molecule has 0 N–H and O–H groups in total. The van der Waals surface area contributed by atoms with Gasteiger partial charge in [0.1, 0.15) is 5.82 Å². The minimum atomic E-state index is -0.505. The Labute approximate surface area is 121 Å². The molecule has 0 aliphatic rings. The van der Waals surface area contributed by atoms with Gasteiger partial charge in [-0.25, -0.2) is 14.2 Å². The lowest BCUT2D eigenvalue weighted by atomic mass is 10.2. The Hall–Kier alpha value is -1.88. The predicted octanol–water partition coefficient (Wildman–Crippen LogP) is 2.00. The molecular weight excluding hydrogens is 278 g/mol. The summed E-state index contributed by atoms with van der Waals surface area (Å²) < 4.78 is 2.65. The molecule has 0 bridgehead atoms. The molecule has 0 atom stereocenters. The van der Waals surface area contributed by atoms with Crippen molar-refractivity contribution >= 4 is 11.6 Å². The second kappa shape index (κ2) is 5.63. The normalized spacial score (nSPS) is 11.1. The highest BCUT2D eigenvalue weighted by molar-refractivity contribution is 6.30. The minimum absolute atomic E-state index is 0.223. The van der Waals surface area contributed by atoms with E-state index in [9.17, 15) is 9.59 Å². The van der Waals surface area contributed by atoms with Gasteiger partial charge in [0.15, 0.2) is 0 Å². The van der Waals surface area contributed by atoms with Crippen LogP contribution < -0.4 is 11.4 Å². The first-order valence-corrected chi connectivity index (χ1v) is 6.72. The first kappa shape index (κ1) is 14.5. The average molecular weight is 294 g/mol. The van der Waals surface area contributed by atoms with Crippen LogP contribution in [0.5, 0.6) is 0 Å². The smallest absolute Gasteiger partial charge is 0.277 e. The first-order valence-electron chi connectivity index (χ1n) is 6.34. The number of nitrogens with zero attached hydrogens (tertiary/aromatic N) is 3. The Balaban J connectivity index is 2.52. The SMILES string of the molecule is Cc1nc(=O)n(C(C)C)c(=O)n1Cc1ccc(Cl)cc1. The van der Waals surface area contributed by atoms with Crippen molar-refractivity contribution in [3.63, 3.8) is 0 Å². The minimum Gasteiger partial charge on any atom is -0.277 e. The van der Waals surface area contributed by atoms with Crippen LogP contribution in [0.25, 0.3) is 0 Å². The number of benzene rings is 1. The van der Waals surface area contributed by atoms with E-state index in [1.165, 1.54) is 4.57 Å². The van der Waals surface area contributed by atoms with Gasteiger partial charge in [-0.15, -0.1) is 0 Å². The van der Waals surface area contributed by atoms with Gasteiger partial charge >= 0.3 is 11.4 Å². The molecule has 2 aromatic rings. The lowest BCUT2D eigenvalue weighted by molar-refractivity contribution is 0.483. The van der Waals surface area contributed by atoms with Crippen LogP contribution >= 0.6 is 11.6 Å². The van der Waals surface area contributed by atoms with E-state index < -0.39 is 5.69 Å². The zero-order valence-electron chi connectivity index (χ0n) is 11.6. The van der Waals surface area contributed by atoms with Gasteiger partial charge in [-0.1, -0.05) is 23.7 Å². The fourth-order valence-electron chi connectivity index (χ4n) is 2.00. The van der Waals surface area contributed by atoms with Crippen LogP contribution in [0.15, 0.2) is 33.9 Å². The maximum absolute atomic E-state index is 12.4. The van der Waals surface area contributed by atoms with Crippen LogP contribution in [-0.4, -0.2) is 14.1 Å². The summed E-state index contributed by atoms with van der Waals surface area (Å²) in [4.78, 5) is 28.1. The van der Waals surface area contributed by atoms with E-state index in [1.54, 1.807) is 32.9 Å². The van der Waals surface area contributed by atoms with E-state index in [0.717, 1.165) is 10.1 Å².